The predicted molar refractivity (Wildman–Crippen MR) is 102 cm³/mol. The van der Waals surface area contributed by atoms with Gasteiger partial charge < -0.3 is 5.32 Å². The average Bonchev–Trinajstić information content (AvgIpc) is 3.12. The Labute approximate surface area is 159 Å². The van der Waals surface area contributed by atoms with Crippen LogP contribution < -0.4 is 5.32 Å². The van der Waals surface area contributed by atoms with Crippen molar-refractivity contribution >= 4 is 15.9 Å². The fraction of sp³-hybridized carbons (Fsp3) is 0.444. The number of piperazine rings is 1. The number of benzene rings is 1. The van der Waals surface area contributed by atoms with Gasteiger partial charge in [-0.3, -0.25) is 14.4 Å². The second-order valence-electron chi connectivity index (χ2n) is 6.49. The van der Waals surface area contributed by atoms with E-state index in [-0.39, 0.29) is 10.8 Å². The molecule has 2 heterocycles. The topological polar surface area (TPSA) is 87.5 Å². The molecule has 146 valence electrons. The fourth-order valence-electron chi connectivity index (χ4n) is 3.07. The number of carbonyl (C=O) groups is 1. The van der Waals surface area contributed by atoms with Gasteiger partial charge in [-0.2, -0.15) is 9.40 Å². The van der Waals surface area contributed by atoms with Crippen molar-refractivity contribution in [2.24, 2.45) is 0 Å². The van der Waals surface area contributed by atoms with E-state index >= 15 is 0 Å². The number of rotatable bonds is 7. The third-order valence-corrected chi connectivity index (χ3v) is 6.36. The van der Waals surface area contributed by atoms with Gasteiger partial charge in [0.1, 0.15) is 4.90 Å². The molecule has 2 aromatic rings. The Bertz CT molecular complexity index is 858. The molecule has 0 unspecified atom stereocenters. The molecule has 1 aromatic heterocycles. The van der Waals surface area contributed by atoms with E-state index in [0.717, 1.165) is 5.56 Å². The predicted octanol–water partition coefficient (Wildman–Crippen LogP) is 0.374. The van der Waals surface area contributed by atoms with Gasteiger partial charge in [0.15, 0.2) is 0 Å². The van der Waals surface area contributed by atoms with Crippen LogP contribution in [0.4, 0.5) is 0 Å². The lowest BCUT2D eigenvalue weighted by Gasteiger charge is -2.33. The van der Waals surface area contributed by atoms with Crippen molar-refractivity contribution < 1.29 is 13.2 Å². The highest BCUT2D eigenvalue weighted by Gasteiger charge is 2.30. The van der Waals surface area contributed by atoms with E-state index in [1.807, 2.05) is 42.2 Å². The van der Waals surface area contributed by atoms with E-state index in [4.69, 9.17) is 0 Å². The van der Waals surface area contributed by atoms with Crippen molar-refractivity contribution in [1.82, 2.24) is 24.3 Å². The summed E-state index contributed by atoms with van der Waals surface area (Å²) in [5.41, 5.74) is 1.06. The van der Waals surface area contributed by atoms with Gasteiger partial charge in [-0.15, -0.1) is 0 Å². The van der Waals surface area contributed by atoms with Crippen molar-refractivity contribution in [1.29, 1.82) is 0 Å². The number of likely N-dealkylation sites (N-methyl/N-ethyl adjacent to an activating group) is 1. The molecule has 27 heavy (non-hydrogen) atoms. The van der Waals surface area contributed by atoms with Gasteiger partial charge in [0.2, 0.25) is 15.9 Å². The van der Waals surface area contributed by atoms with Gasteiger partial charge in [0.05, 0.1) is 19.3 Å². The molecule has 0 bridgehead atoms. The molecule has 1 aromatic carbocycles. The second kappa shape index (κ2) is 8.64. The first-order valence-corrected chi connectivity index (χ1v) is 10.5. The Hall–Kier alpha value is -2.23. The van der Waals surface area contributed by atoms with E-state index in [2.05, 4.69) is 10.4 Å². The van der Waals surface area contributed by atoms with E-state index in [9.17, 15) is 13.2 Å². The molecule has 1 fully saturated rings. The number of nitrogens with one attached hydrogen (secondary N) is 1. The van der Waals surface area contributed by atoms with Crippen molar-refractivity contribution in [2.45, 2.75) is 18.4 Å². The quantitative estimate of drug-likeness (QED) is 0.737. The SMILES string of the molecule is CCNC(=O)CN1CCN(S(=O)(=O)c2cnn(Cc3ccccc3)c2)CC1. The Morgan fingerprint density at radius 3 is 2.52 bits per heavy atom. The molecule has 3 rings (SSSR count). The number of amides is 1. The number of hydrogen-bond acceptors (Lipinski definition) is 5. The minimum atomic E-state index is -3.57. The maximum Gasteiger partial charge on any atom is 0.246 e. The molecule has 0 atom stereocenters. The number of nitrogens with zero attached hydrogens (tertiary/aromatic N) is 4. The standard InChI is InChI=1S/C18H25N5O3S/c1-2-19-18(24)15-21-8-10-23(11-9-21)27(25,26)17-12-20-22(14-17)13-16-6-4-3-5-7-16/h3-7,12,14H,2,8-11,13,15H2,1H3,(H,19,24). The number of carbonyl (C=O) groups excluding carboxylic acids is 1. The summed E-state index contributed by atoms with van der Waals surface area (Å²) in [6.07, 6.45) is 2.97. The summed E-state index contributed by atoms with van der Waals surface area (Å²) in [7, 11) is -3.57. The van der Waals surface area contributed by atoms with E-state index < -0.39 is 10.0 Å². The van der Waals surface area contributed by atoms with Gasteiger partial charge in [0, 0.05) is 38.9 Å². The van der Waals surface area contributed by atoms with Crippen molar-refractivity contribution in [3.63, 3.8) is 0 Å². The van der Waals surface area contributed by atoms with Gasteiger partial charge >= 0.3 is 0 Å². The lowest BCUT2D eigenvalue weighted by molar-refractivity contribution is -0.122. The maximum absolute atomic E-state index is 12.9. The largest absolute Gasteiger partial charge is 0.355 e. The first-order valence-electron chi connectivity index (χ1n) is 9.04. The summed E-state index contributed by atoms with van der Waals surface area (Å²) in [6, 6.07) is 9.77. The zero-order valence-electron chi connectivity index (χ0n) is 15.4. The number of sulfonamides is 1. The Kier molecular flexibility index (Phi) is 6.25. The molecule has 1 aliphatic heterocycles. The minimum absolute atomic E-state index is 0.0315. The lowest BCUT2D eigenvalue weighted by Crippen LogP contribution is -2.51. The molecule has 1 aliphatic rings. The molecule has 0 spiro atoms. The molecule has 9 heteroatoms. The van der Waals surface area contributed by atoms with E-state index in [0.29, 0.717) is 45.8 Å². The molecular formula is C18H25N5O3S. The highest BCUT2D eigenvalue weighted by molar-refractivity contribution is 7.89. The van der Waals surface area contributed by atoms with Crippen LogP contribution in [0.5, 0.6) is 0 Å². The summed E-state index contributed by atoms with van der Waals surface area (Å²) in [5.74, 6) is -0.0315. The first-order chi connectivity index (χ1) is 13.0. The van der Waals surface area contributed by atoms with Crippen LogP contribution in [-0.2, 0) is 21.4 Å². The summed E-state index contributed by atoms with van der Waals surface area (Å²) in [6.45, 7) is 5.11. The van der Waals surface area contributed by atoms with Crippen LogP contribution in [0.25, 0.3) is 0 Å². The van der Waals surface area contributed by atoms with Crippen LogP contribution in [0, 0.1) is 0 Å². The number of aromatic nitrogens is 2. The first kappa shape index (κ1) is 19.5. The van der Waals surface area contributed by atoms with Crippen LogP contribution in [0.15, 0.2) is 47.6 Å². The van der Waals surface area contributed by atoms with Gasteiger partial charge in [-0.25, -0.2) is 8.42 Å². The smallest absolute Gasteiger partial charge is 0.246 e. The maximum atomic E-state index is 12.9. The third kappa shape index (κ3) is 4.94. The van der Waals surface area contributed by atoms with Gasteiger partial charge in [-0.1, -0.05) is 30.3 Å². The van der Waals surface area contributed by atoms with Crippen molar-refractivity contribution in [3.8, 4) is 0 Å². The average molecular weight is 391 g/mol. The summed E-state index contributed by atoms with van der Waals surface area (Å²) in [4.78, 5) is 13.8. The highest BCUT2D eigenvalue weighted by Crippen LogP contribution is 2.17. The third-order valence-electron chi connectivity index (χ3n) is 4.51. The Morgan fingerprint density at radius 1 is 1.15 bits per heavy atom. The van der Waals surface area contributed by atoms with Gasteiger partial charge in [0.25, 0.3) is 0 Å². The summed E-state index contributed by atoms with van der Waals surface area (Å²) in [5, 5.41) is 6.95. The van der Waals surface area contributed by atoms with Crippen LogP contribution in [0.2, 0.25) is 0 Å². The molecule has 1 saturated heterocycles. The minimum Gasteiger partial charge on any atom is -0.355 e. The molecule has 0 aliphatic carbocycles. The van der Waals surface area contributed by atoms with Crippen LogP contribution in [0.1, 0.15) is 12.5 Å². The van der Waals surface area contributed by atoms with Crippen LogP contribution >= 0.6 is 0 Å². The number of hydrogen-bond donors (Lipinski definition) is 1. The van der Waals surface area contributed by atoms with Crippen molar-refractivity contribution in [3.05, 3.63) is 48.3 Å². The zero-order chi connectivity index (χ0) is 19.3. The monoisotopic (exact) mass is 391 g/mol. The Morgan fingerprint density at radius 2 is 1.85 bits per heavy atom. The molecule has 0 radical (unpaired) electrons. The molecule has 0 saturated carbocycles. The Balaban J connectivity index is 1.60. The molecule has 8 nitrogen and oxygen atoms in total. The fourth-order valence-corrected chi connectivity index (χ4v) is 4.45. The molecule has 1 amide bonds. The van der Waals surface area contributed by atoms with Crippen molar-refractivity contribution in [2.75, 3.05) is 39.3 Å². The lowest BCUT2D eigenvalue weighted by atomic mass is 10.2. The summed E-state index contributed by atoms with van der Waals surface area (Å²) < 4.78 is 28.8. The van der Waals surface area contributed by atoms with Crippen LogP contribution in [-0.4, -0.2) is 72.6 Å². The molecule has 1 N–H and O–H groups in total. The van der Waals surface area contributed by atoms with Crippen LogP contribution in [0.3, 0.4) is 0 Å². The molecular weight excluding hydrogens is 366 g/mol. The highest BCUT2D eigenvalue weighted by atomic mass is 32.2. The normalized spacial score (nSPS) is 16.3. The van der Waals surface area contributed by atoms with E-state index in [1.54, 1.807) is 10.9 Å². The zero-order valence-corrected chi connectivity index (χ0v) is 16.2. The van der Waals surface area contributed by atoms with Gasteiger partial charge in [-0.05, 0) is 12.5 Å². The summed E-state index contributed by atoms with van der Waals surface area (Å²) >= 11 is 0. The second-order valence-corrected chi connectivity index (χ2v) is 8.43. The van der Waals surface area contributed by atoms with E-state index in [1.165, 1.54) is 10.5 Å².